The second-order valence-electron chi connectivity index (χ2n) is 5.58. The summed E-state index contributed by atoms with van der Waals surface area (Å²) in [5.74, 6) is 0.805. The summed E-state index contributed by atoms with van der Waals surface area (Å²) in [4.78, 5) is 5.35. The lowest BCUT2D eigenvalue weighted by atomic mass is 10.1. The van der Waals surface area contributed by atoms with E-state index < -0.39 is 0 Å². The molecule has 1 aromatic heterocycles. The average Bonchev–Trinajstić information content (AvgIpc) is 2.74. The van der Waals surface area contributed by atoms with Gasteiger partial charge >= 0.3 is 0 Å². The van der Waals surface area contributed by atoms with Gasteiger partial charge in [0.2, 0.25) is 0 Å². The SMILES string of the molecule is Cc1nsc(Sc2ccc(CNC(C)(C)C)cc2Cl)n1. The van der Waals surface area contributed by atoms with Crippen LogP contribution >= 0.6 is 34.9 Å². The summed E-state index contributed by atoms with van der Waals surface area (Å²) in [6.45, 7) is 9.15. The van der Waals surface area contributed by atoms with E-state index >= 15 is 0 Å². The van der Waals surface area contributed by atoms with Gasteiger partial charge in [-0.1, -0.05) is 29.4 Å². The van der Waals surface area contributed by atoms with Gasteiger partial charge in [0, 0.05) is 17.0 Å². The second-order valence-corrected chi connectivity index (χ2v) is 8.03. The predicted molar refractivity (Wildman–Crippen MR) is 86.8 cm³/mol. The normalized spacial score (nSPS) is 11.8. The molecule has 0 spiro atoms. The van der Waals surface area contributed by atoms with Gasteiger partial charge in [0.15, 0.2) is 4.34 Å². The molecule has 0 bridgehead atoms. The number of hydrogen-bond acceptors (Lipinski definition) is 5. The van der Waals surface area contributed by atoms with Crippen LogP contribution in [0.2, 0.25) is 5.02 Å². The van der Waals surface area contributed by atoms with E-state index in [0.717, 1.165) is 26.6 Å². The highest BCUT2D eigenvalue weighted by atomic mass is 35.5. The fourth-order valence-corrected chi connectivity index (χ4v) is 3.45. The maximum absolute atomic E-state index is 6.34. The molecule has 2 aromatic rings. The van der Waals surface area contributed by atoms with E-state index in [1.807, 2.05) is 19.1 Å². The fraction of sp³-hybridized carbons (Fsp3) is 0.429. The van der Waals surface area contributed by atoms with Crippen molar-refractivity contribution >= 4 is 34.9 Å². The molecule has 0 radical (unpaired) electrons. The Hall–Kier alpha value is -0.620. The number of halogens is 1. The minimum atomic E-state index is 0.101. The van der Waals surface area contributed by atoms with E-state index in [9.17, 15) is 0 Å². The van der Waals surface area contributed by atoms with E-state index in [0.29, 0.717) is 0 Å². The number of hydrogen-bond donors (Lipinski definition) is 1. The molecule has 3 nitrogen and oxygen atoms in total. The molecule has 1 aromatic carbocycles. The Labute approximate surface area is 133 Å². The van der Waals surface area contributed by atoms with Gasteiger partial charge in [-0.2, -0.15) is 4.37 Å². The number of benzene rings is 1. The minimum Gasteiger partial charge on any atom is -0.308 e. The van der Waals surface area contributed by atoms with Gasteiger partial charge in [-0.3, -0.25) is 0 Å². The van der Waals surface area contributed by atoms with Crippen LogP contribution in [0.25, 0.3) is 0 Å². The largest absolute Gasteiger partial charge is 0.308 e. The molecule has 0 aliphatic carbocycles. The topological polar surface area (TPSA) is 37.8 Å². The third kappa shape index (κ3) is 4.74. The first-order valence-electron chi connectivity index (χ1n) is 6.35. The van der Waals surface area contributed by atoms with Crippen molar-refractivity contribution in [3.63, 3.8) is 0 Å². The van der Waals surface area contributed by atoms with Crippen molar-refractivity contribution in [3.8, 4) is 0 Å². The van der Waals surface area contributed by atoms with Gasteiger partial charge in [0.1, 0.15) is 5.82 Å². The number of aromatic nitrogens is 2. The Morgan fingerprint density at radius 3 is 2.65 bits per heavy atom. The van der Waals surface area contributed by atoms with Crippen molar-refractivity contribution in [1.29, 1.82) is 0 Å². The summed E-state index contributed by atoms with van der Waals surface area (Å²) < 4.78 is 5.09. The van der Waals surface area contributed by atoms with Crippen molar-refractivity contribution < 1.29 is 0 Å². The molecular formula is C14H18ClN3S2. The summed E-state index contributed by atoms with van der Waals surface area (Å²) >= 11 is 9.31. The molecule has 108 valence electrons. The van der Waals surface area contributed by atoms with E-state index in [2.05, 4.69) is 41.5 Å². The van der Waals surface area contributed by atoms with Gasteiger partial charge in [-0.15, -0.1) is 0 Å². The molecule has 0 fully saturated rings. The number of nitrogens with one attached hydrogen (secondary N) is 1. The van der Waals surface area contributed by atoms with Gasteiger partial charge in [0.05, 0.1) is 5.02 Å². The van der Waals surface area contributed by atoms with Crippen molar-refractivity contribution in [3.05, 3.63) is 34.6 Å². The van der Waals surface area contributed by atoms with Crippen molar-refractivity contribution in [2.45, 2.75) is 49.0 Å². The van der Waals surface area contributed by atoms with Gasteiger partial charge in [-0.25, -0.2) is 4.98 Å². The van der Waals surface area contributed by atoms with Crippen LogP contribution in [0.1, 0.15) is 32.2 Å². The molecule has 1 N–H and O–H groups in total. The first-order chi connectivity index (χ1) is 9.33. The van der Waals surface area contributed by atoms with E-state index in [1.165, 1.54) is 17.1 Å². The molecular weight excluding hydrogens is 310 g/mol. The molecule has 6 heteroatoms. The lowest BCUT2D eigenvalue weighted by Crippen LogP contribution is -2.35. The Kier molecular flexibility index (Phi) is 5.07. The predicted octanol–water partition coefficient (Wildman–Crippen LogP) is 4.54. The van der Waals surface area contributed by atoms with Crippen molar-refractivity contribution in [2.24, 2.45) is 0 Å². The summed E-state index contributed by atoms with van der Waals surface area (Å²) in [5.41, 5.74) is 1.28. The number of aryl methyl sites for hydroxylation is 1. The highest BCUT2D eigenvalue weighted by Crippen LogP contribution is 2.34. The van der Waals surface area contributed by atoms with Crippen LogP contribution in [0.4, 0.5) is 0 Å². The molecule has 0 saturated heterocycles. The molecule has 0 aliphatic heterocycles. The van der Waals surface area contributed by atoms with Crippen LogP contribution in [0.5, 0.6) is 0 Å². The van der Waals surface area contributed by atoms with Gasteiger partial charge in [-0.05, 0) is 56.9 Å². The smallest absolute Gasteiger partial charge is 0.174 e. The molecule has 0 aliphatic rings. The highest BCUT2D eigenvalue weighted by Gasteiger charge is 2.10. The second kappa shape index (κ2) is 6.43. The zero-order chi connectivity index (χ0) is 14.8. The molecule has 0 amide bonds. The summed E-state index contributed by atoms with van der Waals surface area (Å²) in [6.07, 6.45) is 0. The number of nitrogens with zero attached hydrogens (tertiary/aromatic N) is 2. The van der Waals surface area contributed by atoms with E-state index in [-0.39, 0.29) is 5.54 Å². The van der Waals surface area contributed by atoms with E-state index in [4.69, 9.17) is 11.6 Å². The maximum atomic E-state index is 6.34. The Bertz CT molecular complexity index is 590. The molecule has 0 saturated carbocycles. The van der Waals surface area contributed by atoms with Crippen LogP contribution in [-0.2, 0) is 6.54 Å². The lowest BCUT2D eigenvalue weighted by molar-refractivity contribution is 0.424. The zero-order valence-electron chi connectivity index (χ0n) is 12.0. The first-order valence-corrected chi connectivity index (χ1v) is 8.32. The van der Waals surface area contributed by atoms with Gasteiger partial charge < -0.3 is 5.32 Å². The summed E-state index contributed by atoms with van der Waals surface area (Å²) in [7, 11) is 0. The standard InChI is InChI=1S/C14H18ClN3S2/c1-9-17-13(20-18-9)19-12-6-5-10(7-11(12)15)8-16-14(2,3)4/h5-7,16H,8H2,1-4H3. The first kappa shape index (κ1) is 15.8. The summed E-state index contributed by atoms with van der Waals surface area (Å²) in [6, 6.07) is 6.15. The van der Waals surface area contributed by atoms with Gasteiger partial charge in [0.25, 0.3) is 0 Å². The third-order valence-corrected chi connectivity index (χ3v) is 4.87. The maximum Gasteiger partial charge on any atom is 0.174 e. The Morgan fingerprint density at radius 2 is 2.10 bits per heavy atom. The van der Waals surface area contributed by atoms with Crippen LogP contribution in [0, 0.1) is 6.92 Å². The van der Waals surface area contributed by atoms with Crippen LogP contribution in [0.3, 0.4) is 0 Å². The molecule has 2 rings (SSSR count). The fourth-order valence-electron chi connectivity index (χ4n) is 1.52. The number of rotatable bonds is 4. The monoisotopic (exact) mass is 327 g/mol. The van der Waals surface area contributed by atoms with Crippen molar-refractivity contribution in [2.75, 3.05) is 0 Å². The lowest BCUT2D eigenvalue weighted by Gasteiger charge is -2.20. The average molecular weight is 328 g/mol. The van der Waals surface area contributed by atoms with E-state index in [1.54, 1.807) is 11.8 Å². The summed E-state index contributed by atoms with van der Waals surface area (Å²) in [5, 5.41) is 4.21. The third-order valence-electron chi connectivity index (χ3n) is 2.53. The highest BCUT2D eigenvalue weighted by molar-refractivity contribution is 8.01. The molecule has 0 unspecified atom stereocenters. The quantitative estimate of drug-likeness (QED) is 0.894. The van der Waals surface area contributed by atoms with Crippen LogP contribution in [0.15, 0.2) is 27.4 Å². The minimum absolute atomic E-state index is 0.101. The van der Waals surface area contributed by atoms with Crippen molar-refractivity contribution in [1.82, 2.24) is 14.7 Å². The Balaban J connectivity index is 2.06. The molecule has 20 heavy (non-hydrogen) atoms. The van der Waals surface area contributed by atoms with Crippen LogP contribution < -0.4 is 5.32 Å². The molecule has 0 atom stereocenters. The molecule has 1 heterocycles. The Morgan fingerprint density at radius 1 is 1.35 bits per heavy atom. The van der Waals surface area contributed by atoms with Crippen LogP contribution in [-0.4, -0.2) is 14.9 Å². The zero-order valence-corrected chi connectivity index (χ0v) is 14.4.